The van der Waals surface area contributed by atoms with Gasteiger partial charge in [0.15, 0.2) is 0 Å². The van der Waals surface area contributed by atoms with Gasteiger partial charge in [-0.15, -0.1) is 0 Å². The minimum Gasteiger partial charge on any atom is -0.348 e. The van der Waals surface area contributed by atoms with E-state index < -0.39 is 10.0 Å². The number of aromatic nitrogens is 2. The summed E-state index contributed by atoms with van der Waals surface area (Å²) in [6, 6.07) is 25.5. The molecule has 0 unspecified atom stereocenters. The fourth-order valence-electron chi connectivity index (χ4n) is 3.24. The lowest BCUT2D eigenvalue weighted by molar-refractivity contribution is 0.0951. The monoisotopic (exact) mass is 446 g/mol. The van der Waals surface area contributed by atoms with Crippen LogP contribution >= 0.6 is 0 Å². The summed E-state index contributed by atoms with van der Waals surface area (Å²) in [5.74, 6) is -0.266. The van der Waals surface area contributed by atoms with Gasteiger partial charge < -0.3 is 5.32 Å². The molecule has 0 bridgehead atoms. The van der Waals surface area contributed by atoms with Crippen molar-refractivity contribution in [2.24, 2.45) is 0 Å². The zero-order chi connectivity index (χ0) is 22.6. The lowest BCUT2D eigenvalue weighted by Crippen LogP contribution is -2.23. The Kier molecular flexibility index (Phi) is 6.16. The van der Waals surface area contributed by atoms with Gasteiger partial charge in [0.1, 0.15) is 5.69 Å². The molecule has 4 aromatic rings. The predicted octanol–water partition coefficient (Wildman–Crippen LogP) is 3.38. The molecule has 0 spiro atoms. The Morgan fingerprint density at radius 3 is 2.16 bits per heavy atom. The van der Waals surface area contributed by atoms with Gasteiger partial charge in [0.25, 0.3) is 5.91 Å². The third-order valence-electron chi connectivity index (χ3n) is 4.98. The highest BCUT2D eigenvalue weighted by Gasteiger charge is 2.18. The smallest absolute Gasteiger partial charge is 0.255 e. The molecule has 0 fully saturated rings. The summed E-state index contributed by atoms with van der Waals surface area (Å²) in [5, 5.41) is 7.56. The number of nitrogens with one attached hydrogen (secondary N) is 2. The highest BCUT2D eigenvalue weighted by Crippen LogP contribution is 2.23. The summed E-state index contributed by atoms with van der Waals surface area (Å²) in [7, 11) is -2.13. The molecule has 2 N–H and O–H groups in total. The van der Waals surface area contributed by atoms with Gasteiger partial charge >= 0.3 is 0 Å². The molecule has 0 saturated heterocycles. The Bertz CT molecular complexity index is 1320. The van der Waals surface area contributed by atoms with E-state index in [1.54, 1.807) is 23.0 Å². The van der Waals surface area contributed by atoms with Crippen LogP contribution in [-0.2, 0) is 16.6 Å². The number of benzene rings is 3. The van der Waals surface area contributed by atoms with Gasteiger partial charge in [-0.2, -0.15) is 5.10 Å². The van der Waals surface area contributed by atoms with Gasteiger partial charge in [-0.3, -0.25) is 4.79 Å². The average Bonchev–Trinajstić information content (AvgIpc) is 3.30. The van der Waals surface area contributed by atoms with Crippen LogP contribution in [0.2, 0.25) is 0 Å². The number of carbonyl (C=O) groups is 1. The highest BCUT2D eigenvalue weighted by atomic mass is 32.2. The molecule has 0 aliphatic heterocycles. The topological polar surface area (TPSA) is 93.1 Å². The zero-order valence-electron chi connectivity index (χ0n) is 17.4. The van der Waals surface area contributed by atoms with E-state index in [-0.39, 0.29) is 17.3 Å². The van der Waals surface area contributed by atoms with Crippen molar-refractivity contribution in [3.8, 4) is 16.9 Å². The van der Waals surface area contributed by atoms with Crippen molar-refractivity contribution in [1.82, 2.24) is 19.8 Å². The van der Waals surface area contributed by atoms with Crippen molar-refractivity contribution in [1.29, 1.82) is 0 Å². The van der Waals surface area contributed by atoms with Gasteiger partial charge in [-0.1, -0.05) is 60.7 Å². The third-order valence-corrected chi connectivity index (χ3v) is 6.41. The maximum absolute atomic E-state index is 13.1. The quantitative estimate of drug-likeness (QED) is 0.455. The Balaban J connectivity index is 1.58. The number of hydrogen-bond donors (Lipinski definition) is 2. The summed E-state index contributed by atoms with van der Waals surface area (Å²) in [6.45, 7) is 0.253. The maximum Gasteiger partial charge on any atom is 0.255 e. The number of rotatable bonds is 7. The van der Waals surface area contributed by atoms with Crippen LogP contribution in [0.3, 0.4) is 0 Å². The van der Waals surface area contributed by atoms with Crippen molar-refractivity contribution >= 4 is 15.9 Å². The van der Waals surface area contributed by atoms with E-state index in [1.807, 2.05) is 60.7 Å². The predicted molar refractivity (Wildman–Crippen MR) is 123 cm³/mol. The standard InChI is InChI=1S/C24H22N4O3S/c1-25-32(30,31)21-14-12-18(13-15-21)16-26-24(29)22-17-28(20-10-6-3-7-11-20)27-23(22)19-8-4-2-5-9-19/h2-15,17,25H,16H2,1H3,(H,26,29). The van der Waals surface area contributed by atoms with Crippen molar-refractivity contribution in [2.75, 3.05) is 7.05 Å². The number of para-hydroxylation sites is 1. The molecule has 1 amide bonds. The second-order valence-corrected chi connectivity index (χ2v) is 8.96. The van der Waals surface area contributed by atoms with Crippen LogP contribution in [0.15, 0.2) is 96.0 Å². The van der Waals surface area contributed by atoms with Gasteiger partial charge in [0, 0.05) is 18.3 Å². The number of nitrogens with zero attached hydrogens (tertiary/aromatic N) is 2. The van der Waals surface area contributed by atoms with E-state index in [9.17, 15) is 13.2 Å². The maximum atomic E-state index is 13.1. The zero-order valence-corrected chi connectivity index (χ0v) is 18.2. The summed E-state index contributed by atoms with van der Waals surface area (Å²) in [4.78, 5) is 13.2. The molecule has 1 aromatic heterocycles. The molecule has 0 radical (unpaired) electrons. The number of hydrogen-bond acceptors (Lipinski definition) is 4. The molecular formula is C24H22N4O3S. The molecule has 4 rings (SSSR count). The third kappa shape index (κ3) is 4.61. The molecule has 0 aliphatic rings. The second-order valence-electron chi connectivity index (χ2n) is 7.07. The lowest BCUT2D eigenvalue weighted by Gasteiger charge is -2.07. The van der Waals surface area contributed by atoms with Crippen molar-refractivity contribution in [2.45, 2.75) is 11.4 Å². The van der Waals surface area contributed by atoms with Crippen LogP contribution in [0.5, 0.6) is 0 Å². The SMILES string of the molecule is CNS(=O)(=O)c1ccc(CNC(=O)c2cn(-c3ccccc3)nc2-c2ccccc2)cc1. The van der Waals surface area contributed by atoms with Crippen LogP contribution < -0.4 is 10.0 Å². The highest BCUT2D eigenvalue weighted by molar-refractivity contribution is 7.89. The fraction of sp³-hybridized carbons (Fsp3) is 0.0833. The second kappa shape index (κ2) is 9.17. The first-order valence-corrected chi connectivity index (χ1v) is 11.5. The Morgan fingerprint density at radius 1 is 0.906 bits per heavy atom. The fourth-order valence-corrected chi connectivity index (χ4v) is 3.97. The molecule has 0 atom stereocenters. The van der Waals surface area contributed by atoms with Crippen LogP contribution in [0.4, 0.5) is 0 Å². The van der Waals surface area contributed by atoms with Crippen LogP contribution in [-0.4, -0.2) is 31.2 Å². The minimum absolute atomic E-state index is 0.172. The summed E-state index contributed by atoms with van der Waals surface area (Å²) in [5.41, 5.74) is 3.51. The van der Waals surface area contributed by atoms with Crippen molar-refractivity contribution in [3.63, 3.8) is 0 Å². The molecule has 0 aliphatic carbocycles. The van der Waals surface area contributed by atoms with Crippen molar-refractivity contribution in [3.05, 3.63) is 102 Å². The molecule has 8 heteroatoms. The molecule has 1 heterocycles. The minimum atomic E-state index is -3.50. The van der Waals surface area contributed by atoms with Gasteiger partial charge in [0.05, 0.1) is 16.1 Å². The normalized spacial score (nSPS) is 11.3. The number of amides is 1. The Morgan fingerprint density at radius 2 is 1.53 bits per heavy atom. The molecule has 162 valence electrons. The van der Waals surface area contributed by atoms with Gasteiger partial charge in [-0.25, -0.2) is 17.8 Å². The van der Waals surface area contributed by atoms with Crippen LogP contribution in [0, 0.1) is 0 Å². The van der Waals surface area contributed by atoms with E-state index in [2.05, 4.69) is 15.1 Å². The summed E-state index contributed by atoms with van der Waals surface area (Å²) < 4.78 is 27.7. The first-order chi connectivity index (χ1) is 15.5. The van der Waals surface area contributed by atoms with Crippen LogP contribution in [0.25, 0.3) is 16.9 Å². The van der Waals surface area contributed by atoms with Gasteiger partial charge in [0.2, 0.25) is 10.0 Å². The average molecular weight is 447 g/mol. The first-order valence-electron chi connectivity index (χ1n) is 9.99. The number of carbonyl (C=O) groups excluding carboxylic acids is 1. The van der Waals surface area contributed by atoms with Crippen LogP contribution in [0.1, 0.15) is 15.9 Å². The van der Waals surface area contributed by atoms with E-state index in [0.717, 1.165) is 16.8 Å². The Labute approximate surface area is 186 Å². The van der Waals surface area contributed by atoms with E-state index in [4.69, 9.17) is 0 Å². The largest absolute Gasteiger partial charge is 0.348 e. The Hall–Kier alpha value is -3.75. The molecule has 32 heavy (non-hydrogen) atoms. The lowest BCUT2D eigenvalue weighted by atomic mass is 10.1. The molecule has 0 saturated carbocycles. The van der Waals surface area contributed by atoms with E-state index in [1.165, 1.54) is 19.2 Å². The van der Waals surface area contributed by atoms with Gasteiger partial charge in [-0.05, 0) is 36.9 Å². The first kappa shape index (κ1) is 21.5. The number of sulfonamides is 1. The van der Waals surface area contributed by atoms with E-state index >= 15 is 0 Å². The van der Waals surface area contributed by atoms with Crippen molar-refractivity contribution < 1.29 is 13.2 Å². The molecular weight excluding hydrogens is 424 g/mol. The molecule has 3 aromatic carbocycles. The summed E-state index contributed by atoms with van der Waals surface area (Å²) in [6.07, 6.45) is 1.72. The summed E-state index contributed by atoms with van der Waals surface area (Å²) >= 11 is 0. The van der Waals surface area contributed by atoms with E-state index in [0.29, 0.717) is 11.3 Å². The molecule has 7 nitrogen and oxygen atoms in total.